The van der Waals surface area contributed by atoms with Crippen LogP contribution in [0.1, 0.15) is 12.5 Å². The fourth-order valence-electron chi connectivity index (χ4n) is 1.29. The number of hydrazine groups is 1. The van der Waals surface area contributed by atoms with Crippen molar-refractivity contribution < 1.29 is 14.5 Å². The van der Waals surface area contributed by atoms with E-state index in [1.165, 1.54) is 19.1 Å². The smallest absolute Gasteiger partial charge is 0.276 e. The number of benzene rings is 1. The normalized spacial score (nSPS) is 11.7. The number of ether oxygens (including phenoxy) is 1. The minimum absolute atomic E-state index is 0.0529. The summed E-state index contributed by atoms with van der Waals surface area (Å²) in [7, 11) is 0. The highest BCUT2D eigenvalue weighted by Gasteiger charge is 2.18. The third kappa shape index (κ3) is 2.91. The molecule has 0 saturated heterocycles. The maximum absolute atomic E-state index is 11.2. The number of rotatable bonds is 4. The van der Waals surface area contributed by atoms with Gasteiger partial charge in [0.25, 0.3) is 11.6 Å². The SMILES string of the molecule is Cc1c(OC(C)C(=O)NN)cccc1[N+](=O)[O-]. The number of nitro groups is 1. The van der Waals surface area contributed by atoms with Gasteiger partial charge in [0, 0.05) is 6.07 Å². The van der Waals surface area contributed by atoms with Crippen LogP contribution in [0.15, 0.2) is 18.2 Å². The first-order valence-electron chi connectivity index (χ1n) is 4.88. The predicted octanol–water partition coefficient (Wildman–Crippen LogP) is 0.660. The van der Waals surface area contributed by atoms with E-state index >= 15 is 0 Å². The van der Waals surface area contributed by atoms with Crippen molar-refractivity contribution in [3.05, 3.63) is 33.9 Å². The zero-order valence-electron chi connectivity index (χ0n) is 9.47. The number of nitrogens with one attached hydrogen (secondary N) is 1. The van der Waals surface area contributed by atoms with Crippen LogP contribution >= 0.6 is 0 Å². The highest BCUT2D eigenvalue weighted by molar-refractivity contribution is 5.80. The molecule has 0 fully saturated rings. The molecular weight excluding hydrogens is 226 g/mol. The van der Waals surface area contributed by atoms with E-state index in [4.69, 9.17) is 10.6 Å². The Morgan fingerprint density at radius 1 is 1.59 bits per heavy atom. The Morgan fingerprint density at radius 3 is 2.76 bits per heavy atom. The minimum atomic E-state index is -0.819. The molecule has 1 rings (SSSR count). The first-order valence-corrected chi connectivity index (χ1v) is 4.88. The van der Waals surface area contributed by atoms with Crippen LogP contribution in [-0.2, 0) is 4.79 Å². The molecular formula is C10H13N3O4. The second-order valence-electron chi connectivity index (χ2n) is 3.43. The van der Waals surface area contributed by atoms with Crippen molar-refractivity contribution >= 4 is 11.6 Å². The summed E-state index contributed by atoms with van der Waals surface area (Å²) >= 11 is 0. The molecule has 0 aliphatic heterocycles. The molecule has 0 aliphatic rings. The molecule has 7 nitrogen and oxygen atoms in total. The molecule has 0 radical (unpaired) electrons. The zero-order chi connectivity index (χ0) is 13.0. The van der Waals surface area contributed by atoms with Gasteiger partial charge in [-0.1, -0.05) is 6.07 Å². The van der Waals surface area contributed by atoms with Gasteiger partial charge in [0.1, 0.15) is 5.75 Å². The standard InChI is InChI=1S/C10H13N3O4/c1-6-8(13(15)16)4-3-5-9(6)17-7(2)10(14)12-11/h3-5,7H,11H2,1-2H3,(H,12,14). The first-order chi connectivity index (χ1) is 7.97. The van der Waals surface area contributed by atoms with Gasteiger partial charge in [0.2, 0.25) is 0 Å². The average molecular weight is 239 g/mol. The maximum Gasteiger partial charge on any atom is 0.276 e. The number of nitrogens with zero attached hydrogens (tertiary/aromatic N) is 1. The Kier molecular flexibility index (Phi) is 4.00. The summed E-state index contributed by atoms with van der Waals surface area (Å²) in [6.45, 7) is 3.06. The molecule has 0 spiro atoms. The Balaban J connectivity index is 2.96. The fourth-order valence-corrected chi connectivity index (χ4v) is 1.29. The second kappa shape index (κ2) is 5.26. The Labute approximate surface area is 97.7 Å². The van der Waals surface area contributed by atoms with E-state index < -0.39 is 16.9 Å². The van der Waals surface area contributed by atoms with Crippen molar-refractivity contribution in [1.29, 1.82) is 0 Å². The Hall–Kier alpha value is -2.15. The summed E-state index contributed by atoms with van der Waals surface area (Å²) in [5, 5.41) is 10.7. The summed E-state index contributed by atoms with van der Waals surface area (Å²) in [4.78, 5) is 21.3. The number of hydrogen-bond donors (Lipinski definition) is 2. The quantitative estimate of drug-likeness (QED) is 0.347. The van der Waals surface area contributed by atoms with Gasteiger partial charge in [-0.05, 0) is 19.9 Å². The summed E-state index contributed by atoms with van der Waals surface area (Å²) in [5.41, 5.74) is 2.26. The van der Waals surface area contributed by atoms with Gasteiger partial charge >= 0.3 is 0 Å². The molecule has 0 aromatic heterocycles. The van der Waals surface area contributed by atoms with E-state index in [1.54, 1.807) is 13.0 Å². The predicted molar refractivity (Wildman–Crippen MR) is 60.3 cm³/mol. The van der Waals surface area contributed by atoms with E-state index in [0.717, 1.165) is 0 Å². The number of amides is 1. The van der Waals surface area contributed by atoms with E-state index in [0.29, 0.717) is 5.56 Å². The maximum atomic E-state index is 11.2. The summed E-state index contributed by atoms with van der Waals surface area (Å²) in [6, 6.07) is 4.42. The molecule has 1 aromatic carbocycles. The number of carbonyl (C=O) groups excluding carboxylic acids is 1. The lowest BCUT2D eigenvalue weighted by Gasteiger charge is -2.14. The van der Waals surface area contributed by atoms with Crippen LogP contribution in [0.25, 0.3) is 0 Å². The van der Waals surface area contributed by atoms with Crippen molar-refractivity contribution in [3.8, 4) is 5.75 Å². The molecule has 1 amide bonds. The van der Waals surface area contributed by atoms with Crippen molar-refractivity contribution in [2.45, 2.75) is 20.0 Å². The molecule has 3 N–H and O–H groups in total. The van der Waals surface area contributed by atoms with Crippen molar-refractivity contribution in [1.82, 2.24) is 5.43 Å². The van der Waals surface area contributed by atoms with Crippen LogP contribution in [0.5, 0.6) is 5.75 Å². The van der Waals surface area contributed by atoms with Crippen LogP contribution in [0.4, 0.5) is 5.69 Å². The van der Waals surface area contributed by atoms with Crippen molar-refractivity contribution in [3.63, 3.8) is 0 Å². The zero-order valence-corrected chi connectivity index (χ0v) is 9.47. The van der Waals surface area contributed by atoms with Gasteiger partial charge in [-0.3, -0.25) is 20.3 Å². The number of nitrogens with two attached hydrogens (primary N) is 1. The molecule has 0 bridgehead atoms. The van der Waals surface area contributed by atoms with Gasteiger partial charge < -0.3 is 4.74 Å². The third-order valence-corrected chi connectivity index (χ3v) is 2.27. The highest BCUT2D eigenvalue weighted by atomic mass is 16.6. The Morgan fingerprint density at radius 2 is 2.24 bits per heavy atom. The number of carbonyl (C=O) groups is 1. The van der Waals surface area contributed by atoms with Crippen LogP contribution in [0.3, 0.4) is 0 Å². The summed E-state index contributed by atoms with van der Waals surface area (Å²) in [5.74, 6) is 4.74. The summed E-state index contributed by atoms with van der Waals surface area (Å²) in [6.07, 6.45) is -0.819. The Bertz CT molecular complexity index is 447. The topological polar surface area (TPSA) is 107 Å². The van der Waals surface area contributed by atoms with E-state index in [-0.39, 0.29) is 11.4 Å². The second-order valence-corrected chi connectivity index (χ2v) is 3.43. The number of hydrogen-bond acceptors (Lipinski definition) is 5. The van der Waals surface area contributed by atoms with Gasteiger partial charge in [-0.15, -0.1) is 0 Å². The van der Waals surface area contributed by atoms with E-state index in [9.17, 15) is 14.9 Å². The minimum Gasteiger partial charge on any atom is -0.480 e. The molecule has 7 heteroatoms. The average Bonchev–Trinajstić information content (AvgIpc) is 2.30. The molecule has 1 unspecified atom stereocenters. The van der Waals surface area contributed by atoms with Gasteiger partial charge in [-0.2, -0.15) is 0 Å². The largest absolute Gasteiger partial charge is 0.480 e. The van der Waals surface area contributed by atoms with Crippen LogP contribution in [0, 0.1) is 17.0 Å². The van der Waals surface area contributed by atoms with Gasteiger partial charge in [-0.25, -0.2) is 5.84 Å². The van der Waals surface area contributed by atoms with Gasteiger partial charge in [0.05, 0.1) is 10.5 Å². The fraction of sp³-hybridized carbons (Fsp3) is 0.300. The number of nitro benzene ring substituents is 1. The first kappa shape index (κ1) is 12.9. The van der Waals surface area contributed by atoms with E-state index in [2.05, 4.69) is 0 Å². The molecule has 17 heavy (non-hydrogen) atoms. The lowest BCUT2D eigenvalue weighted by molar-refractivity contribution is -0.385. The molecule has 0 heterocycles. The van der Waals surface area contributed by atoms with Crippen LogP contribution in [-0.4, -0.2) is 16.9 Å². The molecule has 0 aliphatic carbocycles. The van der Waals surface area contributed by atoms with Gasteiger partial charge in [0.15, 0.2) is 6.10 Å². The lowest BCUT2D eigenvalue weighted by atomic mass is 10.2. The monoisotopic (exact) mass is 239 g/mol. The molecule has 0 saturated carbocycles. The van der Waals surface area contributed by atoms with Crippen LogP contribution < -0.4 is 16.0 Å². The molecule has 1 aromatic rings. The molecule has 1 atom stereocenters. The third-order valence-electron chi connectivity index (χ3n) is 2.27. The lowest BCUT2D eigenvalue weighted by Crippen LogP contribution is -2.40. The summed E-state index contributed by atoms with van der Waals surface area (Å²) < 4.78 is 5.29. The van der Waals surface area contributed by atoms with Crippen molar-refractivity contribution in [2.75, 3.05) is 0 Å². The molecule has 92 valence electrons. The van der Waals surface area contributed by atoms with E-state index in [1.807, 2.05) is 5.43 Å². The van der Waals surface area contributed by atoms with Crippen LogP contribution in [0.2, 0.25) is 0 Å². The highest BCUT2D eigenvalue weighted by Crippen LogP contribution is 2.27. The van der Waals surface area contributed by atoms with Crippen molar-refractivity contribution in [2.24, 2.45) is 5.84 Å².